The van der Waals surface area contributed by atoms with Crippen LogP contribution in [0.15, 0.2) is 42.5 Å². The fraction of sp³-hybridized carbons (Fsp3) is 0.458. The summed E-state index contributed by atoms with van der Waals surface area (Å²) in [5, 5.41) is 3.16. The number of rotatable bonds is 5. The van der Waals surface area contributed by atoms with E-state index in [0.717, 1.165) is 18.5 Å². The molecule has 0 spiro atoms. The van der Waals surface area contributed by atoms with Crippen molar-refractivity contribution in [2.45, 2.75) is 73.6 Å². The summed E-state index contributed by atoms with van der Waals surface area (Å²) in [5.74, 6) is 0. The van der Waals surface area contributed by atoms with Crippen molar-refractivity contribution < 1.29 is 0 Å². The SMILES string of the molecule is CC.CCc1ccc(NC=S)c(C(C)(C)CC)c1.Cc1ccc(C)cc1. The van der Waals surface area contributed by atoms with Crippen LogP contribution in [0.3, 0.4) is 0 Å². The Labute approximate surface area is 167 Å². The fourth-order valence-electron chi connectivity index (χ4n) is 2.39. The lowest BCUT2D eigenvalue weighted by Crippen LogP contribution is -2.18. The van der Waals surface area contributed by atoms with E-state index < -0.39 is 0 Å². The molecule has 0 saturated heterocycles. The summed E-state index contributed by atoms with van der Waals surface area (Å²) < 4.78 is 0. The molecule has 144 valence electrons. The molecular weight excluding hydrogens is 334 g/mol. The second kappa shape index (κ2) is 12.6. The minimum atomic E-state index is 0.186. The molecule has 0 aliphatic heterocycles. The number of aryl methyl sites for hydroxylation is 3. The average Bonchev–Trinajstić information content (AvgIpc) is 2.66. The van der Waals surface area contributed by atoms with Crippen LogP contribution in [0, 0.1) is 13.8 Å². The van der Waals surface area contributed by atoms with Gasteiger partial charge in [-0.2, -0.15) is 0 Å². The van der Waals surface area contributed by atoms with Crippen molar-refractivity contribution in [3.05, 3.63) is 64.7 Å². The number of thiocarbonyl (C=S) groups is 1. The molecule has 2 heteroatoms. The number of benzene rings is 2. The lowest BCUT2D eigenvalue weighted by atomic mass is 9.80. The molecule has 0 unspecified atom stereocenters. The third-order valence-corrected chi connectivity index (χ3v) is 4.66. The molecule has 1 N–H and O–H groups in total. The fourth-order valence-corrected chi connectivity index (χ4v) is 2.51. The Bertz CT molecular complexity index is 621. The molecular formula is C24H37NS. The maximum Gasteiger partial charge on any atom is 0.0659 e. The maximum atomic E-state index is 4.88. The van der Waals surface area contributed by atoms with Crippen molar-refractivity contribution in [1.82, 2.24) is 0 Å². The highest BCUT2D eigenvalue weighted by Gasteiger charge is 2.21. The van der Waals surface area contributed by atoms with E-state index in [4.69, 9.17) is 12.2 Å². The zero-order chi connectivity index (χ0) is 20.2. The summed E-state index contributed by atoms with van der Waals surface area (Å²) in [7, 11) is 0. The van der Waals surface area contributed by atoms with Gasteiger partial charge in [-0.1, -0.05) is 101 Å². The summed E-state index contributed by atoms with van der Waals surface area (Å²) in [6.07, 6.45) is 2.19. The monoisotopic (exact) mass is 371 g/mol. The third kappa shape index (κ3) is 8.14. The molecule has 0 atom stereocenters. The second-order valence-corrected chi connectivity index (χ2v) is 7.12. The van der Waals surface area contributed by atoms with Gasteiger partial charge in [0.15, 0.2) is 0 Å². The van der Waals surface area contributed by atoms with E-state index in [9.17, 15) is 0 Å². The van der Waals surface area contributed by atoms with Crippen LogP contribution in [0.5, 0.6) is 0 Å². The van der Waals surface area contributed by atoms with Gasteiger partial charge in [-0.15, -0.1) is 0 Å². The van der Waals surface area contributed by atoms with Crippen LogP contribution in [-0.4, -0.2) is 5.49 Å². The molecule has 0 aromatic heterocycles. The second-order valence-electron chi connectivity index (χ2n) is 6.89. The van der Waals surface area contributed by atoms with E-state index in [1.54, 1.807) is 5.49 Å². The Balaban J connectivity index is 0.000000522. The van der Waals surface area contributed by atoms with E-state index in [1.807, 2.05) is 13.8 Å². The van der Waals surface area contributed by atoms with Crippen LogP contribution < -0.4 is 5.32 Å². The van der Waals surface area contributed by atoms with Crippen molar-refractivity contribution >= 4 is 23.4 Å². The van der Waals surface area contributed by atoms with Gasteiger partial charge in [0.1, 0.15) is 0 Å². The van der Waals surface area contributed by atoms with E-state index >= 15 is 0 Å². The Morgan fingerprint density at radius 2 is 1.42 bits per heavy atom. The minimum Gasteiger partial charge on any atom is -0.352 e. The number of nitrogens with one attached hydrogen (secondary N) is 1. The number of anilines is 1. The normalized spacial score (nSPS) is 10.0. The van der Waals surface area contributed by atoms with Crippen molar-refractivity contribution in [3.8, 4) is 0 Å². The number of hydrogen-bond acceptors (Lipinski definition) is 1. The van der Waals surface area contributed by atoms with Gasteiger partial charge in [0.2, 0.25) is 0 Å². The van der Waals surface area contributed by atoms with Gasteiger partial charge < -0.3 is 5.32 Å². The molecule has 2 aromatic rings. The van der Waals surface area contributed by atoms with Gasteiger partial charge in [-0.05, 0) is 49.3 Å². The molecule has 0 radical (unpaired) electrons. The maximum absolute atomic E-state index is 4.88. The van der Waals surface area contributed by atoms with Gasteiger partial charge in [0.05, 0.1) is 5.49 Å². The molecule has 0 amide bonds. The lowest BCUT2D eigenvalue weighted by molar-refractivity contribution is 0.507. The van der Waals surface area contributed by atoms with Gasteiger partial charge in [0.25, 0.3) is 0 Å². The summed E-state index contributed by atoms with van der Waals surface area (Å²) in [6, 6.07) is 15.1. The Hall–Kier alpha value is -1.67. The van der Waals surface area contributed by atoms with E-state index in [-0.39, 0.29) is 5.41 Å². The van der Waals surface area contributed by atoms with E-state index in [2.05, 4.69) is 89.3 Å². The van der Waals surface area contributed by atoms with Crippen LogP contribution in [0.4, 0.5) is 5.69 Å². The highest BCUT2D eigenvalue weighted by molar-refractivity contribution is 7.79. The van der Waals surface area contributed by atoms with Crippen LogP contribution in [0.1, 0.15) is 70.2 Å². The first-order valence-corrected chi connectivity index (χ1v) is 10.2. The van der Waals surface area contributed by atoms with Crippen molar-refractivity contribution in [2.75, 3.05) is 5.32 Å². The van der Waals surface area contributed by atoms with Crippen LogP contribution >= 0.6 is 12.2 Å². The van der Waals surface area contributed by atoms with Crippen molar-refractivity contribution in [2.24, 2.45) is 0 Å². The highest BCUT2D eigenvalue weighted by atomic mass is 32.1. The van der Waals surface area contributed by atoms with Gasteiger partial charge in [-0.25, -0.2) is 0 Å². The van der Waals surface area contributed by atoms with Crippen LogP contribution in [0.2, 0.25) is 0 Å². The van der Waals surface area contributed by atoms with Crippen molar-refractivity contribution in [1.29, 1.82) is 0 Å². The smallest absolute Gasteiger partial charge is 0.0659 e. The van der Waals surface area contributed by atoms with Crippen LogP contribution in [0.25, 0.3) is 0 Å². The molecule has 0 saturated carbocycles. The Morgan fingerprint density at radius 1 is 0.923 bits per heavy atom. The van der Waals surface area contributed by atoms with E-state index in [0.29, 0.717) is 0 Å². The van der Waals surface area contributed by atoms with Gasteiger partial charge >= 0.3 is 0 Å². The summed E-state index contributed by atoms with van der Waals surface area (Å²) >= 11 is 4.88. The largest absolute Gasteiger partial charge is 0.352 e. The van der Waals surface area contributed by atoms with Crippen LogP contribution in [-0.2, 0) is 11.8 Å². The standard InChI is InChI=1S/C14H21NS.C8H10.C2H6/c1-5-11-7-8-13(15-10-16)12(9-11)14(3,4)6-2;1-7-3-5-8(2)6-4-7;1-2/h7-10H,5-6H2,1-4H3,(H,15,16);3-6H,1-2H3;1-2H3. The molecule has 0 aliphatic rings. The zero-order valence-electron chi connectivity index (χ0n) is 17.9. The first-order valence-electron chi connectivity index (χ1n) is 9.71. The molecule has 0 fully saturated rings. The Morgan fingerprint density at radius 3 is 1.81 bits per heavy atom. The zero-order valence-corrected chi connectivity index (χ0v) is 18.8. The molecule has 0 bridgehead atoms. The number of hydrogen-bond donors (Lipinski definition) is 1. The topological polar surface area (TPSA) is 12.0 Å². The first-order chi connectivity index (χ1) is 12.3. The molecule has 26 heavy (non-hydrogen) atoms. The Kier molecular flexibility index (Phi) is 11.8. The van der Waals surface area contributed by atoms with Crippen molar-refractivity contribution in [3.63, 3.8) is 0 Å². The average molecular weight is 372 g/mol. The third-order valence-electron chi connectivity index (χ3n) is 4.54. The van der Waals surface area contributed by atoms with Gasteiger partial charge in [-0.3, -0.25) is 0 Å². The quantitative estimate of drug-likeness (QED) is 0.542. The molecule has 1 nitrogen and oxygen atoms in total. The summed E-state index contributed by atoms with van der Waals surface area (Å²) in [6.45, 7) is 17.1. The molecule has 0 heterocycles. The van der Waals surface area contributed by atoms with Gasteiger partial charge in [0, 0.05) is 5.69 Å². The summed E-state index contributed by atoms with van der Waals surface area (Å²) in [4.78, 5) is 0. The minimum absolute atomic E-state index is 0.186. The first kappa shape index (κ1) is 24.3. The molecule has 2 rings (SSSR count). The molecule has 0 aliphatic carbocycles. The molecule has 2 aromatic carbocycles. The predicted octanol–water partition coefficient (Wildman–Crippen LogP) is 7.64. The lowest BCUT2D eigenvalue weighted by Gasteiger charge is -2.26. The predicted molar refractivity (Wildman–Crippen MR) is 124 cm³/mol. The van der Waals surface area contributed by atoms with E-state index in [1.165, 1.54) is 22.3 Å². The summed E-state index contributed by atoms with van der Waals surface area (Å²) in [5.41, 5.74) is 8.30. The highest BCUT2D eigenvalue weighted by Crippen LogP contribution is 2.33.